The normalized spacial score (nSPS) is 14.3. The second-order valence-corrected chi connectivity index (χ2v) is 6.44. The third-order valence-corrected chi connectivity index (χ3v) is 3.64. The van der Waals surface area contributed by atoms with Crippen LogP contribution in [0.2, 0.25) is 0 Å². The van der Waals surface area contributed by atoms with Crippen LogP contribution >= 0.6 is 0 Å². The maximum absolute atomic E-state index is 2.26. The van der Waals surface area contributed by atoms with Crippen molar-refractivity contribution in [2.24, 2.45) is 5.92 Å². The quantitative estimate of drug-likeness (QED) is 0.408. The Morgan fingerprint density at radius 2 is 1.10 bits per heavy atom. The highest BCUT2D eigenvalue weighted by atomic mass is 14.1. The zero-order valence-electron chi connectivity index (χ0n) is 20.9. The molecule has 2 aromatic rings. The largest absolute Gasteiger partial charge is 0.0836 e. The van der Waals surface area contributed by atoms with Crippen molar-refractivity contribution in [1.29, 1.82) is 0 Å². The molecule has 30 heavy (non-hydrogen) atoms. The number of hydrogen-bond acceptors (Lipinski definition) is 0. The average Bonchev–Trinajstić information content (AvgIpc) is 2.83. The van der Waals surface area contributed by atoms with E-state index < -0.39 is 0 Å². The number of benzene rings is 2. The Kier molecular flexibility index (Phi) is 22.8. The summed E-state index contributed by atoms with van der Waals surface area (Å²) < 4.78 is 0. The average molecular weight is 407 g/mol. The predicted octanol–water partition coefficient (Wildman–Crippen LogP) is 10.3. The molecule has 4 rings (SSSR count). The second-order valence-electron chi connectivity index (χ2n) is 6.44. The van der Waals surface area contributed by atoms with Crippen LogP contribution in [0.4, 0.5) is 0 Å². The van der Waals surface area contributed by atoms with Gasteiger partial charge in [-0.2, -0.15) is 0 Å². The van der Waals surface area contributed by atoms with Gasteiger partial charge >= 0.3 is 0 Å². The molecule has 0 aliphatic heterocycles. The highest BCUT2D eigenvalue weighted by Crippen LogP contribution is 2.25. The lowest BCUT2D eigenvalue weighted by molar-refractivity contribution is 0.780. The Morgan fingerprint density at radius 1 is 0.667 bits per heavy atom. The third kappa shape index (κ3) is 13.8. The van der Waals surface area contributed by atoms with E-state index in [0.717, 1.165) is 0 Å². The summed E-state index contributed by atoms with van der Waals surface area (Å²) >= 11 is 0. The summed E-state index contributed by atoms with van der Waals surface area (Å²) in [6.07, 6.45) is 18.9. The minimum Gasteiger partial charge on any atom is -0.0836 e. The van der Waals surface area contributed by atoms with E-state index in [2.05, 4.69) is 119 Å². The Balaban J connectivity index is 0. The highest BCUT2D eigenvalue weighted by molar-refractivity contribution is 5.82. The number of fused-ring (bicyclic) bond motifs is 2. The van der Waals surface area contributed by atoms with Gasteiger partial charge in [0, 0.05) is 5.92 Å². The molecule has 2 aliphatic carbocycles. The van der Waals surface area contributed by atoms with E-state index in [1.807, 2.05) is 27.7 Å². The van der Waals surface area contributed by atoms with Crippen molar-refractivity contribution in [3.8, 4) is 0 Å². The Hall–Kier alpha value is -2.34. The molecule has 0 aromatic heterocycles. The maximum Gasteiger partial charge on any atom is 0.00557 e. The van der Waals surface area contributed by atoms with Crippen molar-refractivity contribution in [3.63, 3.8) is 0 Å². The lowest BCUT2D eigenvalue weighted by Crippen LogP contribution is -2.02. The summed E-state index contributed by atoms with van der Waals surface area (Å²) in [6.45, 7) is 16.5. The summed E-state index contributed by atoms with van der Waals surface area (Å²) in [4.78, 5) is 0. The van der Waals surface area contributed by atoms with E-state index in [9.17, 15) is 0 Å². The number of hydrogen-bond donors (Lipinski definition) is 0. The molecule has 0 radical (unpaired) electrons. The van der Waals surface area contributed by atoms with Gasteiger partial charge in [-0.1, -0.05) is 159 Å². The molecule has 0 saturated heterocycles. The molecule has 0 bridgehead atoms. The van der Waals surface area contributed by atoms with Gasteiger partial charge < -0.3 is 0 Å². The molecular formula is C30H46. The number of allylic oxidation sites excluding steroid dienone is 8. The van der Waals surface area contributed by atoms with Crippen LogP contribution in [0.5, 0.6) is 0 Å². The van der Waals surface area contributed by atoms with Crippen molar-refractivity contribution in [2.75, 3.05) is 0 Å². The van der Waals surface area contributed by atoms with Gasteiger partial charge in [-0.25, -0.2) is 0 Å². The highest BCUT2D eigenvalue weighted by Gasteiger charge is 2.10. The van der Waals surface area contributed by atoms with Crippen molar-refractivity contribution in [2.45, 2.75) is 74.7 Å². The van der Waals surface area contributed by atoms with Gasteiger partial charge in [0.2, 0.25) is 0 Å². The standard InChI is InChI=1S/C10H10.C10H8.2C3H8.2C2H6/c2*1-2-6-10-8-4-3-7-9(10)5-1;2*1-3-2;2*1-2/h1-7,10H,8H2;1-8H;2*3H2,1-2H3;2*1-2H3. The van der Waals surface area contributed by atoms with Gasteiger partial charge in [-0.05, 0) is 22.8 Å². The summed E-state index contributed by atoms with van der Waals surface area (Å²) in [5.41, 5.74) is 1.45. The van der Waals surface area contributed by atoms with E-state index >= 15 is 0 Å². The molecule has 1 unspecified atom stereocenters. The van der Waals surface area contributed by atoms with Crippen LogP contribution in [0.15, 0.2) is 96.6 Å². The van der Waals surface area contributed by atoms with E-state index in [0.29, 0.717) is 5.92 Å². The topological polar surface area (TPSA) is 0 Å². The second kappa shape index (κ2) is 22.9. The summed E-state index contributed by atoms with van der Waals surface area (Å²) in [6, 6.07) is 16.7. The summed E-state index contributed by atoms with van der Waals surface area (Å²) in [7, 11) is 0. The van der Waals surface area contributed by atoms with Crippen molar-refractivity contribution in [3.05, 3.63) is 96.6 Å². The first-order valence-corrected chi connectivity index (χ1v) is 11.9. The van der Waals surface area contributed by atoms with Crippen LogP contribution in [-0.2, 0) is 0 Å². The zero-order chi connectivity index (χ0) is 23.0. The van der Waals surface area contributed by atoms with Gasteiger partial charge in [0.15, 0.2) is 0 Å². The molecule has 1 atom stereocenters. The first-order chi connectivity index (χ1) is 14.8. The smallest absolute Gasteiger partial charge is 0.00557 e. The minimum absolute atomic E-state index is 0.662. The fourth-order valence-electron chi connectivity index (χ4n) is 2.53. The number of rotatable bonds is 0. The molecular weight excluding hydrogens is 360 g/mol. The molecule has 2 aliphatic rings. The van der Waals surface area contributed by atoms with Crippen molar-refractivity contribution >= 4 is 10.8 Å². The van der Waals surface area contributed by atoms with Gasteiger partial charge in [0.1, 0.15) is 0 Å². The molecule has 166 valence electrons. The predicted molar refractivity (Wildman–Crippen MR) is 142 cm³/mol. The Bertz CT molecular complexity index is 661. The summed E-state index contributed by atoms with van der Waals surface area (Å²) in [5.74, 6) is 0.662. The minimum atomic E-state index is 0.662. The molecule has 0 saturated carbocycles. The fraction of sp³-hybridized carbons (Fsp3) is 0.400. The Morgan fingerprint density at radius 3 is 1.50 bits per heavy atom. The molecule has 0 heteroatoms. The molecule has 0 N–H and O–H groups in total. The SMILES string of the molecule is C1=CCC2C=CC=CC2=C1.CC.CC.CCC.CCC.c1ccc2ccccc2c1. The molecule has 0 nitrogen and oxygen atoms in total. The van der Waals surface area contributed by atoms with Crippen LogP contribution in [0.25, 0.3) is 10.8 Å². The lowest BCUT2D eigenvalue weighted by atomic mass is 9.88. The first-order valence-electron chi connectivity index (χ1n) is 11.9. The van der Waals surface area contributed by atoms with Crippen LogP contribution in [0.1, 0.15) is 74.7 Å². The monoisotopic (exact) mass is 406 g/mol. The van der Waals surface area contributed by atoms with E-state index in [1.54, 1.807) is 0 Å². The molecule has 0 amide bonds. The summed E-state index contributed by atoms with van der Waals surface area (Å²) in [5, 5.41) is 2.62. The first kappa shape index (κ1) is 29.9. The molecule has 0 fully saturated rings. The van der Waals surface area contributed by atoms with Crippen LogP contribution in [-0.4, -0.2) is 0 Å². The third-order valence-electron chi connectivity index (χ3n) is 3.64. The van der Waals surface area contributed by atoms with Gasteiger partial charge in [0.05, 0.1) is 0 Å². The maximum atomic E-state index is 2.26. The van der Waals surface area contributed by atoms with Crippen LogP contribution < -0.4 is 0 Å². The molecule has 0 spiro atoms. The Labute approximate surface area is 188 Å². The van der Waals surface area contributed by atoms with E-state index in [1.165, 1.54) is 35.6 Å². The molecule has 2 aromatic carbocycles. The van der Waals surface area contributed by atoms with Crippen LogP contribution in [0.3, 0.4) is 0 Å². The van der Waals surface area contributed by atoms with Crippen LogP contribution in [0, 0.1) is 5.92 Å². The van der Waals surface area contributed by atoms with Crippen molar-refractivity contribution < 1.29 is 0 Å². The lowest BCUT2D eigenvalue weighted by Gasteiger charge is -2.16. The van der Waals surface area contributed by atoms with Gasteiger partial charge in [-0.3, -0.25) is 0 Å². The zero-order valence-corrected chi connectivity index (χ0v) is 20.9. The molecule has 0 heterocycles. The fourth-order valence-corrected chi connectivity index (χ4v) is 2.53. The van der Waals surface area contributed by atoms with Gasteiger partial charge in [-0.15, -0.1) is 0 Å². The van der Waals surface area contributed by atoms with Gasteiger partial charge in [0.25, 0.3) is 0 Å². The van der Waals surface area contributed by atoms with E-state index in [4.69, 9.17) is 0 Å². The van der Waals surface area contributed by atoms with E-state index in [-0.39, 0.29) is 0 Å². The van der Waals surface area contributed by atoms with Crippen molar-refractivity contribution in [1.82, 2.24) is 0 Å².